The van der Waals surface area contributed by atoms with Gasteiger partial charge in [-0.1, -0.05) is 25.4 Å². The lowest BCUT2D eigenvalue weighted by Crippen LogP contribution is -2.32. The number of nitrogens with one attached hydrogen (secondary N) is 1. The second kappa shape index (κ2) is 6.22. The first-order valence-electron chi connectivity index (χ1n) is 6.04. The van der Waals surface area contributed by atoms with Crippen LogP contribution in [0.15, 0.2) is 12.3 Å². The number of aliphatic hydroxyl groups excluding tert-OH is 1. The minimum Gasteiger partial charge on any atom is -0.396 e. The quantitative estimate of drug-likeness (QED) is 0.768. The number of aliphatic hydroxyl groups is 1. The Balaban J connectivity index is 2.68. The molecule has 0 unspecified atom stereocenters. The Bertz CT molecular complexity index is 356. The van der Waals surface area contributed by atoms with Gasteiger partial charge in [-0.05, 0) is 31.4 Å². The van der Waals surface area contributed by atoms with Crippen LogP contribution in [-0.2, 0) is 0 Å². The molecule has 1 aromatic rings. The summed E-state index contributed by atoms with van der Waals surface area (Å²) in [4.78, 5) is 4.10. The molecular weight excluding hydrogens is 236 g/mol. The minimum atomic E-state index is -0.0481. The number of aromatic nitrogens is 1. The number of rotatable bonds is 6. The summed E-state index contributed by atoms with van der Waals surface area (Å²) in [6, 6.07) is 1.97. The van der Waals surface area contributed by atoms with Crippen LogP contribution in [0.3, 0.4) is 0 Å². The molecule has 0 atom stereocenters. The minimum absolute atomic E-state index is 0.0481. The molecule has 0 bridgehead atoms. The third-order valence-electron chi connectivity index (χ3n) is 3.52. The van der Waals surface area contributed by atoms with Gasteiger partial charge >= 0.3 is 0 Å². The van der Waals surface area contributed by atoms with Gasteiger partial charge in [-0.2, -0.15) is 0 Å². The van der Waals surface area contributed by atoms with Crippen LogP contribution in [0, 0.1) is 12.3 Å². The van der Waals surface area contributed by atoms with Crippen molar-refractivity contribution in [3.05, 3.63) is 23.0 Å². The maximum Gasteiger partial charge on any atom is 0.132 e. The van der Waals surface area contributed by atoms with Crippen molar-refractivity contribution in [2.45, 2.75) is 33.6 Å². The monoisotopic (exact) mass is 256 g/mol. The molecule has 3 nitrogen and oxygen atoms in total. The van der Waals surface area contributed by atoms with E-state index in [0.29, 0.717) is 5.15 Å². The smallest absolute Gasteiger partial charge is 0.132 e. The summed E-state index contributed by atoms with van der Waals surface area (Å²) in [6.07, 6.45) is 3.63. The number of anilines is 1. The van der Waals surface area contributed by atoms with Crippen LogP contribution in [0.2, 0.25) is 5.15 Å². The first-order valence-corrected chi connectivity index (χ1v) is 6.41. The third kappa shape index (κ3) is 3.58. The van der Waals surface area contributed by atoms with E-state index in [4.69, 9.17) is 11.6 Å². The Morgan fingerprint density at radius 3 is 2.53 bits per heavy atom. The Kier molecular flexibility index (Phi) is 5.22. The number of aryl methyl sites for hydroxylation is 1. The maximum absolute atomic E-state index is 9.48. The van der Waals surface area contributed by atoms with E-state index in [0.717, 1.165) is 30.6 Å². The highest BCUT2D eigenvalue weighted by atomic mass is 35.5. The largest absolute Gasteiger partial charge is 0.396 e. The molecule has 1 heterocycles. The fourth-order valence-electron chi connectivity index (χ4n) is 1.72. The van der Waals surface area contributed by atoms with Crippen molar-refractivity contribution in [1.29, 1.82) is 0 Å². The summed E-state index contributed by atoms with van der Waals surface area (Å²) in [5, 5.41) is 13.3. The molecule has 0 saturated heterocycles. The van der Waals surface area contributed by atoms with E-state index >= 15 is 0 Å². The van der Waals surface area contributed by atoms with E-state index in [2.05, 4.69) is 24.1 Å². The molecule has 0 radical (unpaired) electrons. The molecule has 0 aromatic carbocycles. The summed E-state index contributed by atoms with van der Waals surface area (Å²) < 4.78 is 0. The Labute approximate surface area is 108 Å². The lowest BCUT2D eigenvalue weighted by Gasteiger charge is -2.30. The maximum atomic E-state index is 9.48. The van der Waals surface area contributed by atoms with Gasteiger partial charge in [0.15, 0.2) is 0 Å². The highest BCUT2D eigenvalue weighted by Gasteiger charge is 2.24. The number of hydrogen-bond donors (Lipinski definition) is 2. The van der Waals surface area contributed by atoms with Crippen LogP contribution in [-0.4, -0.2) is 23.2 Å². The second-order valence-corrected chi connectivity index (χ2v) is 4.91. The SMILES string of the molecule is CCC(CC)(CO)CNc1cnc(Cl)c(C)c1. The summed E-state index contributed by atoms with van der Waals surface area (Å²) in [7, 11) is 0. The molecule has 0 amide bonds. The third-order valence-corrected chi connectivity index (χ3v) is 3.91. The predicted octanol–water partition coefficient (Wildman–Crippen LogP) is 3.25. The van der Waals surface area contributed by atoms with Gasteiger partial charge in [0.2, 0.25) is 0 Å². The van der Waals surface area contributed by atoms with Gasteiger partial charge in [-0.25, -0.2) is 4.98 Å². The standard InChI is InChI=1S/C13H21ClN2O/c1-4-13(5-2,9-17)8-16-11-6-10(3)12(14)15-7-11/h6-7,16-17H,4-5,8-9H2,1-3H3. The van der Waals surface area contributed by atoms with E-state index in [1.165, 1.54) is 0 Å². The van der Waals surface area contributed by atoms with Crippen LogP contribution in [0.1, 0.15) is 32.3 Å². The van der Waals surface area contributed by atoms with Gasteiger partial charge in [0.05, 0.1) is 18.5 Å². The van der Waals surface area contributed by atoms with Crippen molar-refractivity contribution in [2.75, 3.05) is 18.5 Å². The number of halogens is 1. The van der Waals surface area contributed by atoms with E-state index in [1.807, 2.05) is 13.0 Å². The molecule has 0 aliphatic carbocycles. The highest BCUT2D eigenvalue weighted by Crippen LogP contribution is 2.26. The van der Waals surface area contributed by atoms with Gasteiger partial charge in [0.1, 0.15) is 5.15 Å². The average Bonchev–Trinajstić information content (AvgIpc) is 2.36. The molecule has 0 saturated carbocycles. The number of nitrogens with zero attached hydrogens (tertiary/aromatic N) is 1. The summed E-state index contributed by atoms with van der Waals surface area (Å²) in [5.74, 6) is 0. The van der Waals surface area contributed by atoms with Crippen molar-refractivity contribution in [1.82, 2.24) is 4.98 Å². The van der Waals surface area contributed by atoms with E-state index in [1.54, 1.807) is 6.20 Å². The zero-order valence-corrected chi connectivity index (χ0v) is 11.5. The van der Waals surface area contributed by atoms with Crippen molar-refractivity contribution in [3.8, 4) is 0 Å². The first kappa shape index (κ1) is 14.3. The van der Waals surface area contributed by atoms with Crippen LogP contribution in [0.4, 0.5) is 5.69 Å². The Hall–Kier alpha value is -0.800. The topological polar surface area (TPSA) is 45.1 Å². The van der Waals surface area contributed by atoms with E-state index in [-0.39, 0.29) is 12.0 Å². The van der Waals surface area contributed by atoms with Crippen LogP contribution < -0.4 is 5.32 Å². The van der Waals surface area contributed by atoms with Gasteiger partial charge in [0, 0.05) is 12.0 Å². The first-order chi connectivity index (χ1) is 8.06. The predicted molar refractivity (Wildman–Crippen MR) is 72.6 cm³/mol. The summed E-state index contributed by atoms with van der Waals surface area (Å²) in [5.41, 5.74) is 1.86. The normalized spacial score (nSPS) is 11.6. The van der Waals surface area contributed by atoms with Gasteiger partial charge < -0.3 is 10.4 Å². The molecule has 0 spiro atoms. The molecule has 1 rings (SSSR count). The molecule has 17 heavy (non-hydrogen) atoms. The highest BCUT2D eigenvalue weighted by molar-refractivity contribution is 6.30. The molecule has 1 aromatic heterocycles. The Morgan fingerprint density at radius 2 is 2.06 bits per heavy atom. The molecule has 2 N–H and O–H groups in total. The molecular formula is C13H21ClN2O. The average molecular weight is 257 g/mol. The molecule has 0 fully saturated rings. The van der Waals surface area contributed by atoms with Crippen molar-refractivity contribution >= 4 is 17.3 Å². The lowest BCUT2D eigenvalue weighted by molar-refractivity contribution is 0.127. The number of hydrogen-bond acceptors (Lipinski definition) is 3. The van der Waals surface area contributed by atoms with Gasteiger partial charge in [0.25, 0.3) is 0 Å². The van der Waals surface area contributed by atoms with E-state index in [9.17, 15) is 5.11 Å². The molecule has 4 heteroatoms. The summed E-state index contributed by atoms with van der Waals surface area (Å²) >= 11 is 5.87. The molecule has 0 aliphatic heterocycles. The van der Waals surface area contributed by atoms with Crippen molar-refractivity contribution in [2.24, 2.45) is 5.41 Å². The Morgan fingerprint density at radius 1 is 1.41 bits per heavy atom. The second-order valence-electron chi connectivity index (χ2n) is 4.55. The zero-order valence-electron chi connectivity index (χ0n) is 10.8. The lowest BCUT2D eigenvalue weighted by atomic mass is 9.83. The zero-order chi connectivity index (χ0) is 12.9. The van der Waals surface area contributed by atoms with Crippen molar-refractivity contribution in [3.63, 3.8) is 0 Å². The molecule has 96 valence electrons. The van der Waals surface area contributed by atoms with Crippen LogP contribution in [0.5, 0.6) is 0 Å². The van der Waals surface area contributed by atoms with Gasteiger partial charge in [-0.3, -0.25) is 0 Å². The molecule has 0 aliphatic rings. The van der Waals surface area contributed by atoms with Crippen LogP contribution >= 0.6 is 11.6 Å². The summed E-state index contributed by atoms with van der Waals surface area (Å²) in [6.45, 7) is 7.09. The van der Waals surface area contributed by atoms with Crippen molar-refractivity contribution < 1.29 is 5.11 Å². The fraction of sp³-hybridized carbons (Fsp3) is 0.615. The number of pyridine rings is 1. The van der Waals surface area contributed by atoms with Gasteiger partial charge in [-0.15, -0.1) is 0 Å². The van der Waals surface area contributed by atoms with E-state index < -0.39 is 0 Å². The van der Waals surface area contributed by atoms with Crippen LogP contribution in [0.25, 0.3) is 0 Å². The fourth-order valence-corrected chi connectivity index (χ4v) is 1.83.